The molecular weight excluding hydrogens is 803 g/mol. The molecule has 0 bridgehead atoms. The number of rotatable bonds is 8. The molecule has 2 rings (SSSR count). The van der Waals surface area contributed by atoms with Crippen LogP contribution in [-0.2, 0) is 79.5 Å². The molecule has 0 N–H and O–H groups in total. The Bertz CT molecular complexity index is 918. The van der Waals surface area contributed by atoms with E-state index in [1.54, 1.807) is 12.1 Å². The van der Waals surface area contributed by atoms with E-state index in [9.17, 15) is 47.6 Å². The zero-order chi connectivity index (χ0) is 23.1. The van der Waals surface area contributed by atoms with Gasteiger partial charge < -0.3 is 47.5 Å². The molecule has 0 fully saturated rings. The second kappa shape index (κ2) is 16.5. The second-order valence-corrected chi connectivity index (χ2v) is 13.1. The summed E-state index contributed by atoms with van der Waals surface area (Å²) < 4.78 is 51.4. The predicted octanol–water partition coefficient (Wildman–Crippen LogP) is -1.03. The van der Waals surface area contributed by atoms with Crippen LogP contribution in [0.15, 0.2) is 60.7 Å². The minimum atomic E-state index is -5.12. The van der Waals surface area contributed by atoms with Crippen molar-refractivity contribution in [1.82, 2.24) is 0 Å². The summed E-state index contributed by atoms with van der Waals surface area (Å²) in [5.74, 6) is -3.09. The monoisotopic (exact) mass is 816 g/mol. The van der Waals surface area contributed by atoms with Crippen LogP contribution in [0, 0.1) is 0 Å². The third-order valence-electron chi connectivity index (χ3n) is 2.67. The molecule has 0 aromatic heterocycles. The molecule has 0 saturated heterocycles. The van der Waals surface area contributed by atoms with Crippen LogP contribution < -0.4 is 38.4 Å². The van der Waals surface area contributed by atoms with Gasteiger partial charge >= 0.3 is 61.3 Å². The summed E-state index contributed by atoms with van der Waals surface area (Å²) in [6.07, 6.45) is 0. The average Bonchev–Trinajstić information content (AvgIpc) is 2.51. The van der Waals surface area contributed by atoms with Crippen LogP contribution in [0.4, 0.5) is 0 Å². The Hall–Kier alpha value is 0.707. The summed E-state index contributed by atoms with van der Waals surface area (Å²) in [5, 5.41) is 0. The Balaban J connectivity index is -0.000000500. The van der Waals surface area contributed by atoms with Crippen LogP contribution in [0.5, 0.6) is 11.5 Å². The third kappa shape index (κ3) is 20.6. The summed E-state index contributed by atoms with van der Waals surface area (Å²) in [6, 6.07) is 14.7. The van der Waals surface area contributed by atoms with Crippen molar-refractivity contribution in [3.05, 3.63) is 60.7 Å². The molecule has 0 heterocycles. The molecule has 2 aromatic rings. The van der Waals surface area contributed by atoms with Crippen LogP contribution in [0.25, 0.3) is 0 Å². The minimum absolute atomic E-state index is 0. The van der Waals surface area contributed by atoms with E-state index in [1.807, 2.05) is 0 Å². The first kappa shape index (κ1) is 38.2. The van der Waals surface area contributed by atoms with E-state index in [-0.39, 0.29) is 72.8 Å². The molecule has 12 nitrogen and oxygen atoms in total. The van der Waals surface area contributed by atoms with Crippen molar-refractivity contribution in [2.24, 2.45) is 0 Å². The van der Waals surface area contributed by atoms with Crippen molar-refractivity contribution in [3.8, 4) is 11.5 Å². The van der Waals surface area contributed by atoms with Crippen LogP contribution in [-0.4, -0.2) is 11.8 Å². The fourth-order valence-corrected chi connectivity index (χ4v) is 6.51. The molecule has 2 aromatic carbocycles. The van der Waals surface area contributed by atoms with Crippen molar-refractivity contribution in [3.63, 3.8) is 0 Å². The van der Waals surface area contributed by atoms with Gasteiger partial charge in [-0.25, -0.2) is 0 Å². The zero-order valence-electron chi connectivity index (χ0n) is 15.8. The molecule has 0 saturated carbocycles. The van der Waals surface area contributed by atoms with Gasteiger partial charge in [0, 0.05) is 0 Å². The van der Waals surface area contributed by atoms with Gasteiger partial charge in [0.15, 0.2) is 15.2 Å². The van der Waals surface area contributed by atoms with Gasteiger partial charge in [-0.2, -0.15) is 0 Å². The van der Waals surface area contributed by atoms with Crippen molar-refractivity contribution < 1.29 is 118 Å². The Morgan fingerprint density at radius 3 is 0.970 bits per heavy atom. The Morgan fingerprint density at radius 2 is 0.758 bits per heavy atom. The Labute approximate surface area is 230 Å². The molecule has 192 valence electrons. The quantitative estimate of drug-likeness (QED) is 0.231. The van der Waals surface area contributed by atoms with E-state index in [0.717, 1.165) is 0 Å². The van der Waals surface area contributed by atoms with E-state index >= 15 is 0 Å². The first-order chi connectivity index (χ1) is 13.6. The number of hydrogen-bond donors (Lipinski definition) is 0. The second-order valence-electron chi connectivity index (χ2n) is 5.54. The molecule has 0 aliphatic rings. The molecule has 19 heteroatoms. The molecule has 0 amide bonds. The van der Waals surface area contributed by atoms with E-state index in [2.05, 4.69) is 9.05 Å². The first-order valence-corrected chi connectivity index (χ1v) is 14.6. The van der Waals surface area contributed by atoms with Crippen molar-refractivity contribution in [1.29, 1.82) is 0 Å². The van der Waals surface area contributed by atoms with Gasteiger partial charge in [0.2, 0.25) is 0 Å². The van der Waals surface area contributed by atoms with Crippen LogP contribution in [0.3, 0.4) is 0 Å². The van der Waals surface area contributed by atoms with Crippen molar-refractivity contribution in [2.75, 3.05) is 11.8 Å². The average molecular weight is 817 g/mol. The summed E-state index contributed by atoms with van der Waals surface area (Å²) >= 11 is 0. The summed E-state index contributed by atoms with van der Waals surface area (Å²) in [4.78, 5) is 63.1. The maximum atomic E-state index is 11.0. The van der Waals surface area contributed by atoms with Gasteiger partial charge in [0.25, 0.3) is 0 Å². The van der Waals surface area contributed by atoms with Crippen molar-refractivity contribution in [2.45, 2.75) is 0 Å². The normalized spacial score (nSPS) is 14.2. The third-order valence-corrected chi connectivity index (χ3v) is 9.19. The van der Waals surface area contributed by atoms with Gasteiger partial charge in [0.1, 0.15) is 11.5 Å². The van der Waals surface area contributed by atoms with E-state index in [1.165, 1.54) is 48.5 Å². The van der Waals surface area contributed by atoms with Crippen LogP contribution in [0.1, 0.15) is 0 Å². The van der Waals surface area contributed by atoms with Gasteiger partial charge in [-0.15, -0.1) is 0 Å². The maximum absolute atomic E-state index is 11.0. The molecule has 33 heavy (non-hydrogen) atoms. The van der Waals surface area contributed by atoms with Crippen LogP contribution >= 0.6 is 30.4 Å². The molecular formula is C14H14O12P4Pd3. The van der Waals surface area contributed by atoms with Gasteiger partial charge in [-0.05, 0) is 24.3 Å². The zero-order valence-corrected chi connectivity index (χ0v) is 24.1. The number of para-hydroxylation sites is 2. The smallest absolute Gasteiger partial charge is 0.810 e. The fourth-order valence-electron chi connectivity index (χ4n) is 1.77. The summed E-state index contributed by atoms with van der Waals surface area (Å²) in [6.45, 7) is 0. The molecule has 2 atom stereocenters. The van der Waals surface area contributed by atoms with E-state index < -0.39 is 42.2 Å². The van der Waals surface area contributed by atoms with E-state index in [0.29, 0.717) is 0 Å². The first-order valence-electron chi connectivity index (χ1n) is 7.69. The molecule has 2 unspecified atom stereocenters. The maximum Gasteiger partial charge on any atom is 2.00 e. The summed E-state index contributed by atoms with van der Waals surface area (Å²) in [7, 11) is -19.6. The number of benzene rings is 2. The Kier molecular flexibility index (Phi) is 19.1. The Morgan fingerprint density at radius 1 is 0.515 bits per heavy atom. The van der Waals surface area contributed by atoms with Gasteiger partial charge in [-0.3, -0.25) is 9.13 Å². The largest absolute Gasteiger partial charge is 2.00 e. The van der Waals surface area contributed by atoms with Crippen molar-refractivity contribution >= 4 is 30.4 Å². The van der Waals surface area contributed by atoms with Crippen LogP contribution in [0.2, 0.25) is 0 Å². The standard InChI is InChI=1S/2C7H10O6P2.3Pd/c2*8-14(9,10)6-15(11,12)13-7-4-2-1-3-5-7;;;/h2*1-5H,6H2,(H,11,12)(H2,8,9,10);;;/q;;3*+2/p-6. The molecule has 0 spiro atoms. The van der Waals surface area contributed by atoms with Gasteiger partial charge in [-0.1, -0.05) is 51.6 Å². The number of hydrogen-bond acceptors (Lipinski definition) is 12. The molecule has 0 aliphatic carbocycles. The fraction of sp³-hybridized carbons (Fsp3) is 0.143. The molecule has 0 aliphatic heterocycles. The summed E-state index contributed by atoms with van der Waals surface area (Å²) in [5.41, 5.74) is 0. The topological polar surface area (TPSA) is 225 Å². The van der Waals surface area contributed by atoms with E-state index in [4.69, 9.17) is 0 Å². The SMILES string of the molecule is O=P([O-])([O-])CP(=O)([O-])Oc1ccccc1.O=P([O-])([O-])CP(=O)([O-])Oc1ccccc1.[Pd+2].[Pd+2].[Pd+2]. The predicted molar refractivity (Wildman–Crippen MR) is 94.3 cm³/mol. The minimum Gasteiger partial charge on any atom is -0.810 e. The molecule has 0 radical (unpaired) electrons. The van der Waals surface area contributed by atoms with Gasteiger partial charge in [0.05, 0.1) is 11.8 Å².